The lowest BCUT2D eigenvalue weighted by atomic mass is 10.00. The first-order valence-electron chi connectivity index (χ1n) is 6.69. The van der Waals surface area contributed by atoms with Gasteiger partial charge >= 0.3 is 12.0 Å². The van der Waals surface area contributed by atoms with Gasteiger partial charge in [-0.15, -0.1) is 0 Å². The molecule has 6 heteroatoms. The van der Waals surface area contributed by atoms with Crippen molar-refractivity contribution < 1.29 is 14.7 Å². The van der Waals surface area contributed by atoms with E-state index in [1.807, 2.05) is 6.07 Å². The second-order valence-corrected chi connectivity index (χ2v) is 5.34. The molecule has 0 saturated carbocycles. The Morgan fingerprint density at radius 1 is 1.48 bits per heavy atom. The van der Waals surface area contributed by atoms with Crippen LogP contribution in [0.15, 0.2) is 24.3 Å². The molecule has 0 radical (unpaired) electrons. The quantitative estimate of drug-likeness (QED) is 0.902. The van der Waals surface area contributed by atoms with Gasteiger partial charge in [-0.05, 0) is 38.0 Å². The van der Waals surface area contributed by atoms with E-state index in [1.54, 1.807) is 38.2 Å². The zero-order chi connectivity index (χ0) is 15.6. The summed E-state index contributed by atoms with van der Waals surface area (Å²) in [5, 5.41) is 18.3. The third-order valence-electron chi connectivity index (χ3n) is 3.98. The Balaban J connectivity index is 2.27. The molecule has 2 rings (SSSR count). The van der Waals surface area contributed by atoms with Crippen LogP contribution in [0.4, 0.5) is 10.5 Å². The average Bonchev–Trinajstić information content (AvgIpc) is 2.89. The summed E-state index contributed by atoms with van der Waals surface area (Å²) in [5.41, 5.74) is -0.147. The van der Waals surface area contributed by atoms with Crippen molar-refractivity contribution in [3.8, 4) is 6.07 Å². The number of hydrogen-bond acceptors (Lipinski definition) is 3. The fourth-order valence-corrected chi connectivity index (χ4v) is 2.57. The average molecular weight is 287 g/mol. The SMILES string of the molecule is CN(C(=O)N1CCCC1(C)C(=O)O)c1cccc(C#N)c1. The number of benzene rings is 1. The largest absolute Gasteiger partial charge is 0.480 e. The molecule has 1 N–H and O–H groups in total. The van der Waals surface area contributed by atoms with Gasteiger partial charge in [0.05, 0.1) is 11.6 Å². The Hall–Kier alpha value is -2.55. The number of carbonyl (C=O) groups excluding carboxylic acids is 1. The van der Waals surface area contributed by atoms with Crippen LogP contribution in [0.3, 0.4) is 0 Å². The van der Waals surface area contributed by atoms with Crippen LogP contribution in [-0.4, -0.2) is 41.1 Å². The van der Waals surface area contributed by atoms with Crippen molar-refractivity contribution in [2.45, 2.75) is 25.3 Å². The number of carboxylic acids is 1. The van der Waals surface area contributed by atoms with Crippen LogP contribution in [-0.2, 0) is 4.79 Å². The molecule has 0 bridgehead atoms. The minimum atomic E-state index is -1.17. The maximum atomic E-state index is 12.6. The summed E-state index contributed by atoms with van der Waals surface area (Å²) < 4.78 is 0. The van der Waals surface area contributed by atoms with E-state index in [-0.39, 0.29) is 6.03 Å². The number of hydrogen-bond donors (Lipinski definition) is 1. The second kappa shape index (κ2) is 5.44. The Bertz CT molecular complexity index is 623. The Labute approximate surface area is 123 Å². The Morgan fingerprint density at radius 3 is 2.81 bits per heavy atom. The lowest BCUT2D eigenvalue weighted by Gasteiger charge is -2.34. The van der Waals surface area contributed by atoms with Gasteiger partial charge in [0, 0.05) is 19.3 Å². The molecule has 2 amide bonds. The zero-order valence-corrected chi connectivity index (χ0v) is 12.0. The maximum absolute atomic E-state index is 12.6. The number of anilines is 1. The summed E-state index contributed by atoms with van der Waals surface area (Å²) in [6.07, 6.45) is 1.11. The van der Waals surface area contributed by atoms with Crippen molar-refractivity contribution in [1.82, 2.24) is 4.90 Å². The molecule has 1 aromatic carbocycles. The van der Waals surface area contributed by atoms with E-state index in [0.717, 1.165) is 0 Å². The van der Waals surface area contributed by atoms with Crippen LogP contribution < -0.4 is 4.90 Å². The Kier molecular flexibility index (Phi) is 3.85. The molecule has 6 nitrogen and oxygen atoms in total. The van der Waals surface area contributed by atoms with Crippen molar-refractivity contribution in [1.29, 1.82) is 5.26 Å². The van der Waals surface area contributed by atoms with Gasteiger partial charge in [-0.3, -0.25) is 4.90 Å². The maximum Gasteiger partial charge on any atom is 0.329 e. The lowest BCUT2D eigenvalue weighted by Crippen LogP contribution is -2.54. The fraction of sp³-hybridized carbons (Fsp3) is 0.400. The number of rotatable bonds is 2. The number of urea groups is 1. The molecule has 1 aromatic rings. The highest BCUT2D eigenvalue weighted by atomic mass is 16.4. The molecule has 1 aliphatic rings. The van der Waals surface area contributed by atoms with Gasteiger partial charge in [0.2, 0.25) is 0 Å². The van der Waals surface area contributed by atoms with Gasteiger partial charge in [-0.2, -0.15) is 5.26 Å². The first-order chi connectivity index (χ1) is 9.90. The molecule has 1 unspecified atom stereocenters. The molecule has 1 fully saturated rings. The van der Waals surface area contributed by atoms with E-state index in [1.165, 1.54) is 9.80 Å². The van der Waals surface area contributed by atoms with Gasteiger partial charge in [0.25, 0.3) is 0 Å². The monoisotopic (exact) mass is 287 g/mol. The molecule has 0 aliphatic carbocycles. The minimum absolute atomic E-state index is 0.368. The normalized spacial score (nSPS) is 20.9. The molecule has 1 saturated heterocycles. The molecule has 0 spiro atoms. The van der Waals surface area contributed by atoms with Crippen molar-refractivity contribution >= 4 is 17.7 Å². The van der Waals surface area contributed by atoms with Crippen LogP contribution in [0.5, 0.6) is 0 Å². The third kappa shape index (κ3) is 2.55. The highest BCUT2D eigenvalue weighted by Gasteiger charge is 2.46. The predicted molar refractivity (Wildman–Crippen MR) is 76.9 cm³/mol. The molecule has 1 heterocycles. The number of aliphatic carboxylic acids is 1. The minimum Gasteiger partial charge on any atom is -0.480 e. The number of nitrogens with zero attached hydrogens (tertiary/aromatic N) is 3. The highest BCUT2D eigenvalue weighted by Crippen LogP contribution is 2.31. The van der Waals surface area contributed by atoms with E-state index in [0.29, 0.717) is 30.6 Å². The standard InChI is InChI=1S/C15H17N3O3/c1-15(13(19)20)7-4-8-18(15)14(21)17(2)12-6-3-5-11(9-12)10-16/h3,5-6,9H,4,7-8H2,1-2H3,(H,19,20). The van der Waals surface area contributed by atoms with Gasteiger partial charge in [-0.25, -0.2) is 9.59 Å². The van der Waals surface area contributed by atoms with E-state index in [4.69, 9.17) is 5.26 Å². The number of amides is 2. The van der Waals surface area contributed by atoms with Crippen molar-refractivity contribution in [3.63, 3.8) is 0 Å². The van der Waals surface area contributed by atoms with E-state index in [2.05, 4.69) is 0 Å². The van der Waals surface area contributed by atoms with Crippen LogP contribution in [0.1, 0.15) is 25.3 Å². The second-order valence-electron chi connectivity index (χ2n) is 5.34. The van der Waals surface area contributed by atoms with E-state index < -0.39 is 11.5 Å². The number of nitriles is 1. The number of carbonyl (C=O) groups is 2. The van der Waals surface area contributed by atoms with Gasteiger partial charge < -0.3 is 10.0 Å². The first kappa shape index (κ1) is 14.9. The topological polar surface area (TPSA) is 84.6 Å². The third-order valence-corrected chi connectivity index (χ3v) is 3.98. The van der Waals surface area contributed by atoms with E-state index in [9.17, 15) is 14.7 Å². The van der Waals surface area contributed by atoms with Gasteiger partial charge in [0.15, 0.2) is 0 Å². The molecular formula is C15H17N3O3. The van der Waals surface area contributed by atoms with Crippen LogP contribution in [0.25, 0.3) is 0 Å². The van der Waals surface area contributed by atoms with Crippen molar-refractivity contribution in [2.24, 2.45) is 0 Å². The molecular weight excluding hydrogens is 270 g/mol. The van der Waals surface area contributed by atoms with Crippen molar-refractivity contribution in [3.05, 3.63) is 29.8 Å². The van der Waals surface area contributed by atoms with Crippen LogP contribution in [0, 0.1) is 11.3 Å². The van der Waals surface area contributed by atoms with Crippen LogP contribution >= 0.6 is 0 Å². The van der Waals surface area contributed by atoms with Crippen LogP contribution in [0.2, 0.25) is 0 Å². The number of likely N-dealkylation sites (tertiary alicyclic amines) is 1. The number of carboxylic acid groups (broad SMARTS) is 1. The van der Waals surface area contributed by atoms with Gasteiger partial charge in [0.1, 0.15) is 5.54 Å². The smallest absolute Gasteiger partial charge is 0.329 e. The summed E-state index contributed by atoms with van der Waals surface area (Å²) >= 11 is 0. The Morgan fingerprint density at radius 2 is 2.19 bits per heavy atom. The molecule has 0 aromatic heterocycles. The summed E-state index contributed by atoms with van der Waals surface area (Å²) in [4.78, 5) is 26.8. The first-order valence-corrected chi connectivity index (χ1v) is 6.69. The van der Waals surface area contributed by atoms with Crippen molar-refractivity contribution in [2.75, 3.05) is 18.5 Å². The summed E-state index contributed by atoms with van der Waals surface area (Å²) in [5.74, 6) is -0.993. The summed E-state index contributed by atoms with van der Waals surface area (Å²) in [7, 11) is 1.58. The molecule has 21 heavy (non-hydrogen) atoms. The lowest BCUT2D eigenvalue weighted by molar-refractivity contribution is -0.147. The van der Waals surface area contributed by atoms with Gasteiger partial charge in [-0.1, -0.05) is 6.07 Å². The predicted octanol–water partition coefficient (Wildman–Crippen LogP) is 2.05. The summed E-state index contributed by atoms with van der Waals surface area (Å²) in [6.45, 7) is 1.99. The van der Waals surface area contributed by atoms with E-state index >= 15 is 0 Å². The zero-order valence-electron chi connectivity index (χ0n) is 12.0. The highest BCUT2D eigenvalue weighted by molar-refractivity contribution is 5.95. The molecule has 110 valence electrons. The summed E-state index contributed by atoms with van der Waals surface area (Å²) in [6, 6.07) is 8.31. The molecule has 1 aliphatic heterocycles. The molecule has 1 atom stereocenters. The fourth-order valence-electron chi connectivity index (χ4n) is 2.57.